The second-order valence-electron chi connectivity index (χ2n) is 5.04. The number of ether oxygens (including phenoxy) is 2. The lowest BCUT2D eigenvalue weighted by Gasteiger charge is -2.30. The highest BCUT2D eigenvalue weighted by atomic mass is 16.5. The third-order valence-electron chi connectivity index (χ3n) is 3.33. The van der Waals surface area contributed by atoms with Gasteiger partial charge in [-0.3, -0.25) is 9.59 Å². The van der Waals surface area contributed by atoms with Crippen LogP contribution in [0.5, 0.6) is 0 Å². The Labute approximate surface area is 128 Å². The van der Waals surface area contributed by atoms with Crippen molar-refractivity contribution in [3.63, 3.8) is 0 Å². The van der Waals surface area contributed by atoms with Crippen molar-refractivity contribution in [2.45, 2.75) is 13.0 Å². The van der Waals surface area contributed by atoms with Gasteiger partial charge >= 0.3 is 5.97 Å². The Kier molecular flexibility index (Phi) is 5.11. The number of hydrogen-bond donors (Lipinski definition) is 1. The van der Waals surface area contributed by atoms with Crippen LogP contribution < -0.4 is 5.73 Å². The summed E-state index contributed by atoms with van der Waals surface area (Å²) in [4.78, 5) is 36.4. The number of carbonyl (C=O) groups excluding carboxylic acids is 3. The van der Waals surface area contributed by atoms with Crippen molar-refractivity contribution in [1.82, 2.24) is 4.90 Å². The predicted octanol–water partition coefficient (Wildman–Crippen LogP) is 0.190. The van der Waals surface area contributed by atoms with E-state index < -0.39 is 11.9 Å². The summed E-state index contributed by atoms with van der Waals surface area (Å²) in [5, 5.41) is 0. The number of amides is 2. The summed E-state index contributed by atoms with van der Waals surface area (Å²) >= 11 is 0. The van der Waals surface area contributed by atoms with Crippen molar-refractivity contribution in [2.75, 3.05) is 26.3 Å². The second-order valence-corrected chi connectivity index (χ2v) is 5.04. The molecule has 1 atom stereocenters. The van der Waals surface area contributed by atoms with Crippen LogP contribution in [0.15, 0.2) is 24.3 Å². The van der Waals surface area contributed by atoms with Crippen LogP contribution in [0.2, 0.25) is 0 Å². The van der Waals surface area contributed by atoms with Gasteiger partial charge in [0.2, 0.25) is 5.91 Å². The predicted molar refractivity (Wildman–Crippen MR) is 77.2 cm³/mol. The zero-order valence-corrected chi connectivity index (χ0v) is 12.3. The first-order valence-corrected chi connectivity index (χ1v) is 6.93. The van der Waals surface area contributed by atoms with Crippen molar-refractivity contribution >= 4 is 17.8 Å². The molecule has 2 N–H and O–H groups in total. The Morgan fingerprint density at radius 3 is 2.50 bits per heavy atom. The molecule has 1 fully saturated rings. The molecule has 2 amide bonds. The highest BCUT2D eigenvalue weighted by Crippen LogP contribution is 2.07. The van der Waals surface area contributed by atoms with E-state index >= 15 is 0 Å². The molecule has 0 unspecified atom stereocenters. The van der Waals surface area contributed by atoms with E-state index in [9.17, 15) is 14.4 Å². The van der Waals surface area contributed by atoms with Crippen molar-refractivity contribution < 1.29 is 23.9 Å². The minimum atomic E-state index is -0.620. The average Bonchev–Trinajstić information content (AvgIpc) is 2.52. The maximum absolute atomic E-state index is 12.0. The van der Waals surface area contributed by atoms with Gasteiger partial charge in [0.1, 0.15) is 0 Å². The molecule has 0 spiro atoms. The van der Waals surface area contributed by atoms with E-state index in [0.717, 1.165) is 0 Å². The standard InChI is InChI=1S/C15H18N2O5/c1-10-8-17(6-7-21-10)13(18)9-22-15(20)12-4-2-11(3-5-12)14(16)19/h2-5,10H,6-9H2,1H3,(H2,16,19)/t10-/m0/s1. The highest BCUT2D eigenvalue weighted by molar-refractivity contribution is 5.95. The van der Waals surface area contributed by atoms with Gasteiger partial charge in [0.25, 0.3) is 5.91 Å². The summed E-state index contributed by atoms with van der Waals surface area (Å²) in [6.07, 6.45) is -0.0188. The number of rotatable bonds is 4. The number of nitrogens with two attached hydrogens (primary N) is 1. The molecule has 0 aromatic heterocycles. The fourth-order valence-electron chi connectivity index (χ4n) is 2.12. The van der Waals surface area contributed by atoms with Gasteiger partial charge in [0.05, 0.1) is 18.3 Å². The van der Waals surface area contributed by atoms with E-state index in [1.165, 1.54) is 24.3 Å². The van der Waals surface area contributed by atoms with Gasteiger partial charge in [-0.25, -0.2) is 4.79 Å². The third kappa shape index (κ3) is 4.05. The monoisotopic (exact) mass is 306 g/mol. The van der Waals surface area contributed by atoms with Crippen LogP contribution in [-0.2, 0) is 14.3 Å². The Morgan fingerprint density at radius 2 is 1.91 bits per heavy atom. The van der Waals surface area contributed by atoms with Crippen LogP contribution in [0.1, 0.15) is 27.6 Å². The van der Waals surface area contributed by atoms with Crippen molar-refractivity contribution in [1.29, 1.82) is 0 Å². The number of esters is 1. The molecule has 0 radical (unpaired) electrons. The zero-order chi connectivity index (χ0) is 16.1. The molecule has 7 heteroatoms. The van der Waals surface area contributed by atoms with Crippen LogP contribution in [0.3, 0.4) is 0 Å². The van der Waals surface area contributed by atoms with Gasteiger partial charge in [-0.05, 0) is 31.2 Å². The summed E-state index contributed by atoms with van der Waals surface area (Å²) in [5.74, 6) is -1.44. The van der Waals surface area contributed by atoms with Gasteiger partial charge < -0.3 is 20.1 Å². The lowest BCUT2D eigenvalue weighted by Crippen LogP contribution is -2.46. The van der Waals surface area contributed by atoms with E-state index in [1.807, 2.05) is 6.92 Å². The molecular formula is C15H18N2O5. The lowest BCUT2D eigenvalue weighted by atomic mass is 10.1. The number of nitrogens with zero attached hydrogens (tertiary/aromatic N) is 1. The topological polar surface area (TPSA) is 98.9 Å². The Morgan fingerprint density at radius 1 is 1.27 bits per heavy atom. The first-order valence-electron chi connectivity index (χ1n) is 6.93. The minimum Gasteiger partial charge on any atom is -0.452 e. The Hall–Kier alpha value is -2.41. The normalized spacial score (nSPS) is 17.9. The maximum Gasteiger partial charge on any atom is 0.338 e. The molecule has 0 saturated carbocycles. The van der Waals surface area contributed by atoms with Gasteiger partial charge in [0, 0.05) is 18.7 Å². The fourth-order valence-corrected chi connectivity index (χ4v) is 2.12. The van der Waals surface area contributed by atoms with Crippen LogP contribution >= 0.6 is 0 Å². The number of morpholine rings is 1. The number of benzene rings is 1. The molecule has 1 aromatic rings. The summed E-state index contributed by atoms with van der Waals surface area (Å²) in [5.41, 5.74) is 5.68. The first-order chi connectivity index (χ1) is 10.5. The minimum absolute atomic E-state index is 0.0188. The molecule has 1 aromatic carbocycles. The quantitative estimate of drug-likeness (QED) is 0.801. The van der Waals surface area contributed by atoms with Crippen LogP contribution in [0.25, 0.3) is 0 Å². The molecule has 0 aliphatic carbocycles. The van der Waals surface area contributed by atoms with Crippen molar-refractivity contribution in [3.05, 3.63) is 35.4 Å². The first kappa shape index (κ1) is 16.0. The molecule has 22 heavy (non-hydrogen) atoms. The summed E-state index contributed by atoms with van der Waals surface area (Å²) in [6, 6.07) is 5.74. The van der Waals surface area contributed by atoms with Gasteiger partial charge in [-0.15, -0.1) is 0 Å². The van der Waals surface area contributed by atoms with Crippen LogP contribution in [-0.4, -0.2) is 55.1 Å². The van der Waals surface area contributed by atoms with Gasteiger partial charge in [0.15, 0.2) is 6.61 Å². The SMILES string of the molecule is C[C@H]1CN(C(=O)COC(=O)c2ccc(C(N)=O)cc2)CCO1. The van der Waals surface area contributed by atoms with Crippen molar-refractivity contribution in [3.8, 4) is 0 Å². The van der Waals surface area contributed by atoms with Crippen LogP contribution in [0, 0.1) is 0 Å². The Balaban J connectivity index is 1.86. The summed E-state index contributed by atoms with van der Waals surface area (Å²) in [7, 11) is 0. The molecule has 1 saturated heterocycles. The zero-order valence-electron chi connectivity index (χ0n) is 12.3. The molecule has 0 bridgehead atoms. The Bertz CT molecular complexity index is 570. The lowest BCUT2D eigenvalue weighted by molar-refractivity contribution is -0.141. The fraction of sp³-hybridized carbons (Fsp3) is 0.400. The maximum atomic E-state index is 12.0. The van der Waals surface area contributed by atoms with Crippen LogP contribution in [0.4, 0.5) is 0 Å². The van der Waals surface area contributed by atoms with Crippen molar-refractivity contribution in [2.24, 2.45) is 5.73 Å². The van der Waals surface area contributed by atoms with E-state index in [1.54, 1.807) is 4.90 Å². The molecule has 1 heterocycles. The largest absolute Gasteiger partial charge is 0.452 e. The summed E-state index contributed by atoms with van der Waals surface area (Å²) < 4.78 is 10.3. The van der Waals surface area contributed by atoms with E-state index in [-0.39, 0.29) is 24.2 Å². The van der Waals surface area contributed by atoms with Gasteiger partial charge in [-0.2, -0.15) is 0 Å². The molecule has 2 rings (SSSR count). The molecule has 1 aliphatic heterocycles. The number of carbonyl (C=O) groups is 3. The number of primary amides is 1. The number of hydrogen-bond acceptors (Lipinski definition) is 5. The van der Waals surface area contributed by atoms with E-state index in [4.69, 9.17) is 15.2 Å². The molecule has 7 nitrogen and oxygen atoms in total. The summed E-state index contributed by atoms with van der Waals surface area (Å²) in [6.45, 7) is 3.03. The molecule has 1 aliphatic rings. The van der Waals surface area contributed by atoms with E-state index in [0.29, 0.717) is 25.3 Å². The molecule has 118 valence electrons. The smallest absolute Gasteiger partial charge is 0.338 e. The highest BCUT2D eigenvalue weighted by Gasteiger charge is 2.22. The third-order valence-corrected chi connectivity index (χ3v) is 3.33. The average molecular weight is 306 g/mol. The molecular weight excluding hydrogens is 288 g/mol. The van der Waals surface area contributed by atoms with E-state index in [2.05, 4.69) is 0 Å². The second kappa shape index (κ2) is 7.04. The van der Waals surface area contributed by atoms with Gasteiger partial charge in [-0.1, -0.05) is 0 Å².